The number of hydrogen-bond acceptors (Lipinski definition) is 3. The van der Waals surface area contributed by atoms with Crippen molar-refractivity contribution in [2.45, 2.75) is 43.8 Å². The molecule has 0 aromatic carbocycles. The first-order valence-electron chi connectivity index (χ1n) is 6.16. The third-order valence-corrected chi connectivity index (χ3v) is 3.62. The van der Waals surface area contributed by atoms with Gasteiger partial charge in [0.2, 0.25) is 0 Å². The van der Waals surface area contributed by atoms with E-state index in [1.807, 2.05) is 0 Å². The van der Waals surface area contributed by atoms with E-state index in [0.29, 0.717) is 12.0 Å². The van der Waals surface area contributed by atoms with E-state index in [1.54, 1.807) is 20.2 Å². The van der Waals surface area contributed by atoms with Gasteiger partial charge in [-0.15, -0.1) is 0 Å². The second kappa shape index (κ2) is 4.56. The number of aryl methyl sites for hydroxylation is 1. The lowest BCUT2D eigenvalue weighted by molar-refractivity contribution is -0.216. The number of aliphatic hydroxyl groups is 1. The largest absolute Gasteiger partial charge is 0.383 e. The van der Waals surface area contributed by atoms with E-state index in [9.17, 15) is 18.7 Å². The summed E-state index contributed by atoms with van der Waals surface area (Å²) in [6.07, 6.45) is 3.56. The number of nitrogens with one attached hydrogen (secondary N) is 1. The number of nitrogens with zero attached hydrogens (tertiary/aromatic N) is 2. The number of carbonyl (C=O) groups is 1. The SMILES string of the molecule is CC(NC(=O)C(F)(F)C1(O)CCC1)c1cnn(C)c1. The number of rotatable bonds is 4. The molecule has 1 fully saturated rings. The van der Waals surface area contributed by atoms with Gasteiger partial charge in [0.15, 0.2) is 0 Å². The maximum Gasteiger partial charge on any atom is 0.352 e. The van der Waals surface area contributed by atoms with Crippen molar-refractivity contribution in [1.82, 2.24) is 15.1 Å². The molecular formula is C12H17F2N3O2. The van der Waals surface area contributed by atoms with Crippen LogP contribution in [0.1, 0.15) is 37.8 Å². The van der Waals surface area contributed by atoms with Gasteiger partial charge in [-0.25, -0.2) is 0 Å². The van der Waals surface area contributed by atoms with Gasteiger partial charge in [0.05, 0.1) is 12.2 Å². The van der Waals surface area contributed by atoms with Crippen LogP contribution in [-0.4, -0.2) is 32.3 Å². The molecule has 1 aromatic heterocycles. The maximum atomic E-state index is 13.8. The number of alkyl halides is 2. The third-order valence-electron chi connectivity index (χ3n) is 3.62. The van der Waals surface area contributed by atoms with E-state index >= 15 is 0 Å². The van der Waals surface area contributed by atoms with Gasteiger partial charge in [-0.1, -0.05) is 0 Å². The Kier molecular flexibility index (Phi) is 3.34. The average molecular weight is 273 g/mol. The highest BCUT2D eigenvalue weighted by Gasteiger charge is 2.61. The van der Waals surface area contributed by atoms with Gasteiger partial charge in [-0.2, -0.15) is 13.9 Å². The van der Waals surface area contributed by atoms with E-state index in [0.717, 1.165) is 0 Å². The smallest absolute Gasteiger partial charge is 0.352 e. The molecule has 7 heteroatoms. The molecule has 1 aliphatic rings. The molecule has 1 heterocycles. The van der Waals surface area contributed by atoms with Crippen LogP contribution in [0.25, 0.3) is 0 Å². The Morgan fingerprint density at radius 2 is 2.26 bits per heavy atom. The summed E-state index contributed by atoms with van der Waals surface area (Å²) in [4.78, 5) is 11.6. The first-order valence-corrected chi connectivity index (χ1v) is 6.16. The number of amides is 1. The summed E-state index contributed by atoms with van der Waals surface area (Å²) >= 11 is 0. The van der Waals surface area contributed by atoms with Crippen LogP contribution in [-0.2, 0) is 11.8 Å². The van der Waals surface area contributed by atoms with Gasteiger partial charge in [-0.3, -0.25) is 9.48 Å². The summed E-state index contributed by atoms with van der Waals surface area (Å²) in [6.45, 7) is 1.59. The molecule has 1 aromatic rings. The van der Waals surface area contributed by atoms with Crippen LogP contribution in [0, 0.1) is 0 Å². The van der Waals surface area contributed by atoms with Gasteiger partial charge in [-0.05, 0) is 26.2 Å². The molecule has 0 saturated heterocycles. The fourth-order valence-corrected chi connectivity index (χ4v) is 2.07. The minimum Gasteiger partial charge on any atom is -0.383 e. The Morgan fingerprint density at radius 1 is 1.63 bits per heavy atom. The van der Waals surface area contributed by atoms with E-state index in [2.05, 4.69) is 10.4 Å². The van der Waals surface area contributed by atoms with Crippen molar-refractivity contribution in [3.05, 3.63) is 18.0 Å². The van der Waals surface area contributed by atoms with Crippen LogP contribution >= 0.6 is 0 Å². The van der Waals surface area contributed by atoms with Crippen LogP contribution in [0.2, 0.25) is 0 Å². The minimum absolute atomic E-state index is 0.0469. The first-order chi connectivity index (χ1) is 8.76. The molecule has 1 atom stereocenters. The molecule has 5 nitrogen and oxygen atoms in total. The third kappa shape index (κ3) is 2.34. The van der Waals surface area contributed by atoms with Crippen molar-refractivity contribution in [3.63, 3.8) is 0 Å². The molecule has 1 aliphatic carbocycles. The highest BCUT2D eigenvalue weighted by atomic mass is 19.3. The maximum absolute atomic E-state index is 13.8. The fraction of sp³-hybridized carbons (Fsp3) is 0.667. The Bertz CT molecular complexity index is 483. The molecule has 1 unspecified atom stereocenters. The summed E-state index contributed by atoms with van der Waals surface area (Å²) in [6, 6.07) is -0.587. The molecule has 106 valence electrons. The molecule has 19 heavy (non-hydrogen) atoms. The molecule has 0 radical (unpaired) electrons. The van der Waals surface area contributed by atoms with Crippen molar-refractivity contribution < 1.29 is 18.7 Å². The van der Waals surface area contributed by atoms with Gasteiger partial charge >= 0.3 is 5.92 Å². The van der Waals surface area contributed by atoms with Gasteiger partial charge in [0, 0.05) is 18.8 Å². The fourth-order valence-electron chi connectivity index (χ4n) is 2.07. The number of halogens is 2. The van der Waals surface area contributed by atoms with Crippen LogP contribution < -0.4 is 5.32 Å². The summed E-state index contributed by atoms with van der Waals surface area (Å²) in [5, 5.41) is 15.8. The molecule has 1 saturated carbocycles. The van der Waals surface area contributed by atoms with Crippen molar-refractivity contribution in [2.75, 3.05) is 0 Å². The monoisotopic (exact) mass is 273 g/mol. The molecule has 1 amide bonds. The standard InChI is InChI=1S/C12H17F2N3O2/c1-8(9-6-15-17(2)7-9)16-10(18)12(13,14)11(19)4-3-5-11/h6-8,19H,3-5H2,1-2H3,(H,16,18). The highest BCUT2D eigenvalue weighted by molar-refractivity contribution is 5.85. The number of carbonyl (C=O) groups excluding carboxylic acids is 1. The lowest BCUT2D eigenvalue weighted by Crippen LogP contribution is -2.60. The predicted octanol–water partition coefficient (Wildman–Crippen LogP) is 1.15. The van der Waals surface area contributed by atoms with Gasteiger partial charge in [0.1, 0.15) is 5.60 Å². The molecular weight excluding hydrogens is 256 g/mol. The molecule has 0 bridgehead atoms. The Hall–Kier alpha value is -1.50. The summed E-state index contributed by atoms with van der Waals surface area (Å²) in [7, 11) is 1.70. The van der Waals surface area contributed by atoms with Crippen LogP contribution in [0.5, 0.6) is 0 Å². The lowest BCUT2D eigenvalue weighted by atomic mass is 9.75. The second-order valence-electron chi connectivity index (χ2n) is 5.10. The van der Waals surface area contributed by atoms with Crippen LogP contribution in [0.4, 0.5) is 8.78 Å². The quantitative estimate of drug-likeness (QED) is 0.864. The molecule has 2 rings (SSSR count). The second-order valence-corrected chi connectivity index (χ2v) is 5.10. The average Bonchev–Trinajstić information content (AvgIpc) is 2.72. The Labute approximate surface area is 109 Å². The zero-order chi connectivity index (χ0) is 14.3. The van der Waals surface area contributed by atoms with Crippen molar-refractivity contribution in [3.8, 4) is 0 Å². The van der Waals surface area contributed by atoms with Gasteiger partial charge < -0.3 is 10.4 Å². The Morgan fingerprint density at radius 3 is 2.68 bits per heavy atom. The van der Waals surface area contributed by atoms with Crippen molar-refractivity contribution in [1.29, 1.82) is 0 Å². The van der Waals surface area contributed by atoms with Crippen molar-refractivity contribution >= 4 is 5.91 Å². The highest BCUT2D eigenvalue weighted by Crippen LogP contribution is 2.44. The van der Waals surface area contributed by atoms with Crippen LogP contribution in [0.3, 0.4) is 0 Å². The summed E-state index contributed by atoms with van der Waals surface area (Å²) in [5.41, 5.74) is -1.56. The minimum atomic E-state index is -3.76. The zero-order valence-electron chi connectivity index (χ0n) is 10.9. The van der Waals surface area contributed by atoms with Crippen molar-refractivity contribution in [2.24, 2.45) is 7.05 Å². The van der Waals surface area contributed by atoms with Gasteiger partial charge in [0.25, 0.3) is 5.91 Å². The molecule has 2 N–H and O–H groups in total. The van der Waals surface area contributed by atoms with E-state index < -0.39 is 23.5 Å². The zero-order valence-corrected chi connectivity index (χ0v) is 10.9. The normalized spacial score (nSPS) is 19.6. The van der Waals surface area contributed by atoms with Crippen LogP contribution in [0.15, 0.2) is 12.4 Å². The number of aromatic nitrogens is 2. The van der Waals surface area contributed by atoms with E-state index in [4.69, 9.17) is 0 Å². The Balaban J connectivity index is 2.04. The summed E-state index contributed by atoms with van der Waals surface area (Å²) < 4.78 is 29.2. The topological polar surface area (TPSA) is 67.2 Å². The number of hydrogen-bond donors (Lipinski definition) is 2. The lowest BCUT2D eigenvalue weighted by Gasteiger charge is -2.41. The first kappa shape index (κ1) is 13.9. The predicted molar refractivity (Wildman–Crippen MR) is 63.5 cm³/mol. The molecule has 0 aliphatic heterocycles. The summed E-state index contributed by atoms with van der Waals surface area (Å²) in [5.74, 6) is -5.20. The van der Waals surface area contributed by atoms with E-state index in [-0.39, 0.29) is 12.8 Å². The molecule has 0 spiro atoms. The van der Waals surface area contributed by atoms with E-state index in [1.165, 1.54) is 10.9 Å².